The van der Waals surface area contributed by atoms with Gasteiger partial charge in [0.15, 0.2) is 0 Å². The van der Waals surface area contributed by atoms with Gasteiger partial charge in [0.25, 0.3) is 0 Å². The van der Waals surface area contributed by atoms with Gasteiger partial charge >= 0.3 is 80.4 Å². The van der Waals surface area contributed by atoms with Crippen LogP contribution in [0, 0.1) is 0 Å². The molecule has 0 aliphatic rings. The summed E-state index contributed by atoms with van der Waals surface area (Å²) >= 11 is 2.22. The molecule has 0 saturated heterocycles. The summed E-state index contributed by atoms with van der Waals surface area (Å²) < 4.78 is 0. The van der Waals surface area contributed by atoms with Crippen LogP contribution in [0.5, 0.6) is 0 Å². The van der Waals surface area contributed by atoms with Crippen molar-refractivity contribution < 1.29 is 0 Å². The second-order valence-electron chi connectivity index (χ2n) is 3.11. The molecule has 0 atom stereocenters. The van der Waals surface area contributed by atoms with Crippen molar-refractivity contribution in [3.63, 3.8) is 0 Å². The Morgan fingerprint density at radius 1 is 1.00 bits per heavy atom. The fraction of sp³-hybridized carbons (Fsp3) is 0.800. The first kappa shape index (κ1) is 11.3. The predicted octanol–water partition coefficient (Wildman–Crippen LogP) is 3.49. The molecular formula is C10H19Li. The first-order valence-electron chi connectivity index (χ1n) is 5.06. The van der Waals surface area contributed by atoms with Crippen LogP contribution in [0.3, 0.4) is 0 Å². The summed E-state index contributed by atoms with van der Waals surface area (Å²) in [4.78, 5) is 0. The molecule has 60 valence electrons. The summed E-state index contributed by atoms with van der Waals surface area (Å²) in [6.07, 6.45) is 12.7. The molecule has 0 heterocycles. The summed E-state index contributed by atoms with van der Waals surface area (Å²) in [5, 5.41) is 1.28. The third-order valence-electron chi connectivity index (χ3n) is 1.85. The Labute approximate surface area is 80.7 Å². The van der Waals surface area contributed by atoms with Gasteiger partial charge in [-0.3, -0.25) is 0 Å². The van der Waals surface area contributed by atoms with Gasteiger partial charge < -0.3 is 0 Å². The van der Waals surface area contributed by atoms with Crippen molar-refractivity contribution in [2.24, 2.45) is 0 Å². The van der Waals surface area contributed by atoms with E-state index in [1.54, 1.807) is 0 Å². The average Bonchev–Trinajstić information content (AvgIpc) is 2.03. The number of allylic oxidation sites excluding steroid dienone is 2. The van der Waals surface area contributed by atoms with E-state index in [1.807, 2.05) is 0 Å². The second kappa shape index (κ2) is 10.3. The van der Waals surface area contributed by atoms with Gasteiger partial charge in [0, 0.05) is 0 Å². The Kier molecular flexibility index (Phi) is 10.7. The fourth-order valence-electron chi connectivity index (χ4n) is 1.09. The van der Waals surface area contributed by atoms with Crippen molar-refractivity contribution in [3.05, 3.63) is 12.2 Å². The van der Waals surface area contributed by atoms with Crippen LogP contribution in [0.2, 0.25) is 5.09 Å². The third-order valence-corrected chi connectivity index (χ3v) is 1.85. The Hall–Kier alpha value is 0.337. The van der Waals surface area contributed by atoms with Crippen molar-refractivity contribution in [2.75, 3.05) is 0 Å². The number of rotatable bonds is 7. The maximum absolute atomic E-state index is 2.33. The minimum atomic E-state index is 1.26. The van der Waals surface area contributed by atoms with Crippen LogP contribution in [0.25, 0.3) is 0 Å². The zero-order chi connectivity index (χ0) is 8.36. The number of hydrogen-bond donors (Lipinski definition) is 0. The average molecular weight is 146 g/mol. The van der Waals surface area contributed by atoms with E-state index >= 15 is 0 Å². The molecule has 11 heavy (non-hydrogen) atoms. The van der Waals surface area contributed by atoms with Crippen LogP contribution in [-0.4, -0.2) is 17.7 Å². The number of unbranched alkanes of at least 4 members (excludes halogenated alkanes) is 4. The molecular weight excluding hydrogens is 127 g/mol. The molecule has 0 unspecified atom stereocenters. The van der Waals surface area contributed by atoms with Crippen molar-refractivity contribution in [1.82, 2.24) is 0 Å². The maximum atomic E-state index is 2.33. The van der Waals surface area contributed by atoms with Gasteiger partial charge in [0.1, 0.15) is 0 Å². The SMILES string of the molecule is [Li][CH2]C/C=C\CCCCCC. The molecule has 0 amide bonds. The first-order valence-corrected chi connectivity index (χ1v) is 5.06. The van der Waals surface area contributed by atoms with Gasteiger partial charge in [-0.15, -0.1) is 0 Å². The summed E-state index contributed by atoms with van der Waals surface area (Å²) in [5.74, 6) is 0. The van der Waals surface area contributed by atoms with Crippen LogP contribution in [0.4, 0.5) is 0 Å². The summed E-state index contributed by atoms with van der Waals surface area (Å²) in [6, 6.07) is 0. The van der Waals surface area contributed by atoms with Crippen LogP contribution < -0.4 is 0 Å². The zero-order valence-electron chi connectivity index (χ0n) is 8.10. The molecule has 1 heteroatoms. The number of hydrogen-bond acceptors (Lipinski definition) is 0. The van der Waals surface area contributed by atoms with E-state index in [-0.39, 0.29) is 0 Å². The van der Waals surface area contributed by atoms with E-state index in [0.29, 0.717) is 0 Å². The normalized spacial score (nSPS) is 11.2. The Bertz CT molecular complexity index is 86.9. The fourth-order valence-corrected chi connectivity index (χ4v) is 1.09. The van der Waals surface area contributed by atoms with Crippen molar-refractivity contribution in [2.45, 2.75) is 50.5 Å². The van der Waals surface area contributed by atoms with E-state index in [1.165, 1.54) is 43.6 Å². The van der Waals surface area contributed by atoms with E-state index in [2.05, 4.69) is 36.8 Å². The first-order chi connectivity index (χ1) is 5.41. The molecule has 0 fully saturated rings. The van der Waals surface area contributed by atoms with Gasteiger partial charge in [-0.2, -0.15) is 0 Å². The molecule has 0 saturated carbocycles. The third kappa shape index (κ3) is 10.3. The molecule has 0 aromatic heterocycles. The predicted molar refractivity (Wildman–Crippen MR) is 53.1 cm³/mol. The monoisotopic (exact) mass is 146 g/mol. The molecule has 0 aromatic rings. The molecule has 0 radical (unpaired) electrons. The molecule has 0 nitrogen and oxygen atoms in total. The van der Waals surface area contributed by atoms with Gasteiger partial charge in [0.05, 0.1) is 0 Å². The molecule has 0 aliphatic heterocycles. The van der Waals surface area contributed by atoms with Crippen molar-refractivity contribution in [1.29, 1.82) is 0 Å². The zero-order valence-corrected chi connectivity index (χ0v) is 8.10. The van der Waals surface area contributed by atoms with Gasteiger partial charge in [0.2, 0.25) is 0 Å². The van der Waals surface area contributed by atoms with E-state index in [9.17, 15) is 0 Å². The Morgan fingerprint density at radius 2 is 1.73 bits per heavy atom. The Balaban J connectivity index is 2.89. The van der Waals surface area contributed by atoms with Gasteiger partial charge in [-0.1, -0.05) is 0 Å². The quantitative estimate of drug-likeness (QED) is 0.293. The van der Waals surface area contributed by atoms with E-state index < -0.39 is 0 Å². The summed E-state index contributed by atoms with van der Waals surface area (Å²) in [7, 11) is 0. The molecule has 0 aliphatic carbocycles. The summed E-state index contributed by atoms with van der Waals surface area (Å²) in [5.41, 5.74) is 0. The Morgan fingerprint density at radius 3 is 2.36 bits per heavy atom. The summed E-state index contributed by atoms with van der Waals surface area (Å²) in [6.45, 7) is 2.26. The minimum absolute atomic E-state index is 1.26. The van der Waals surface area contributed by atoms with Crippen LogP contribution in [-0.2, 0) is 0 Å². The molecule has 0 aromatic carbocycles. The standard InChI is InChI=1S/C10H19.Li/c1-3-5-7-9-10-8-6-4-2;/h5,7H,1,3-4,6,8-10H2,2H3;/b7-5-;. The second-order valence-corrected chi connectivity index (χ2v) is 3.11. The van der Waals surface area contributed by atoms with Crippen molar-refractivity contribution in [3.8, 4) is 0 Å². The molecule has 0 N–H and O–H groups in total. The van der Waals surface area contributed by atoms with Crippen LogP contribution >= 0.6 is 0 Å². The molecule has 0 rings (SSSR count). The van der Waals surface area contributed by atoms with E-state index in [4.69, 9.17) is 0 Å². The van der Waals surface area contributed by atoms with Crippen molar-refractivity contribution >= 4 is 17.7 Å². The van der Waals surface area contributed by atoms with Gasteiger partial charge in [-0.25, -0.2) is 0 Å². The van der Waals surface area contributed by atoms with Crippen LogP contribution in [0.1, 0.15) is 45.4 Å². The molecule has 0 spiro atoms. The topological polar surface area (TPSA) is 0 Å². The van der Waals surface area contributed by atoms with Crippen LogP contribution in [0.15, 0.2) is 12.2 Å². The van der Waals surface area contributed by atoms with E-state index in [0.717, 1.165) is 0 Å². The molecule has 0 bridgehead atoms. The van der Waals surface area contributed by atoms with Gasteiger partial charge in [-0.05, 0) is 0 Å².